The van der Waals surface area contributed by atoms with E-state index in [1.165, 1.54) is 0 Å². The van der Waals surface area contributed by atoms with E-state index in [4.69, 9.17) is 5.11 Å². The summed E-state index contributed by atoms with van der Waals surface area (Å²) in [5.74, 6) is -2.74. The number of rotatable bonds is 5. The van der Waals surface area contributed by atoms with Crippen molar-refractivity contribution in [2.75, 3.05) is 5.32 Å². The monoisotopic (exact) mass is 318 g/mol. The number of hydrogen-bond donors (Lipinski definition) is 3. The van der Waals surface area contributed by atoms with Crippen molar-refractivity contribution >= 4 is 23.5 Å². The quantitative estimate of drug-likeness (QED) is 0.775. The molecule has 3 N–H and O–H groups in total. The number of anilines is 1. The smallest absolute Gasteiger partial charge is 0.307 e. The Morgan fingerprint density at radius 1 is 1.17 bits per heavy atom. The maximum absolute atomic E-state index is 12.3. The van der Waals surface area contributed by atoms with E-state index < -0.39 is 23.2 Å². The third kappa shape index (κ3) is 3.52. The lowest BCUT2D eigenvalue weighted by molar-refractivity contribution is -0.140. The Morgan fingerprint density at radius 2 is 1.83 bits per heavy atom. The van der Waals surface area contributed by atoms with E-state index in [0.29, 0.717) is 11.3 Å². The SMILES string of the molecule is CC(C)NC(=O)c1cccc(NC(=O)[C@H]2[C@@H](C(=O)O)C2(C)C)c1. The van der Waals surface area contributed by atoms with Gasteiger partial charge in [0.2, 0.25) is 5.91 Å². The first-order chi connectivity index (χ1) is 10.6. The molecular weight excluding hydrogens is 296 g/mol. The minimum atomic E-state index is -0.958. The van der Waals surface area contributed by atoms with Crippen LogP contribution in [0.2, 0.25) is 0 Å². The molecule has 0 spiro atoms. The lowest BCUT2D eigenvalue weighted by Gasteiger charge is -2.10. The topological polar surface area (TPSA) is 95.5 Å². The van der Waals surface area contributed by atoms with Crippen LogP contribution in [0.5, 0.6) is 0 Å². The molecule has 1 fully saturated rings. The number of carbonyl (C=O) groups is 3. The Labute approximate surface area is 135 Å². The van der Waals surface area contributed by atoms with Crippen LogP contribution in [0.3, 0.4) is 0 Å². The molecule has 0 unspecified atom stereocenters. The van der Waals surface area contributed by atoms with E-state index in [2.05, 4.69) is 10.6 Å². The number of nitrogens with one attached hydrogen (secondary N) is 2. The fourth-order valence-corrected chi connectivity index (χ4v) is 2.89. The number of carboxylic acids is 1. The van der Waals surface area contributed by atoms with Crippen LogP contribution in [0.1, 0.15) is 38.1 Å². The van der Waals surface area contributed by atoms with Gasteiger partial charge in [0.1, 0.15) is 0 Å². The van der Waals surface area contributed by atoms with Crippen molar-refractivity contribution in [1.82, 2.24) is 5.32 Å². The van der Waals surface area contributed by atoms with Crippen LogP contribution < -0.4 is 10.6 Å². The summed E-state index contributed by atoms with van der Waals surface area (Å²) in [4.78, 5) is 35.4. The summed E-state index contributed by atoms with van der Waals surface area (Å²) in [5, 5.41) is 14.6. The minimum Gasteiger partial charge on any atom is -0.481 e. The molecule has 2 atom stereocenters. The average Bonchev–Trinajstić information content (AvgIpc) is 3.01. The van der Waals surface area contributed by atoms with Gasteiger partial charge in [-0.05, 0) is 37.5 Å². The number of hydrogen-bond acceptors (Lipinski definition) is 3. The van der Waals surface area contributed by atoms with E-state index in [1.54, 1.807) is 38.1 Å². The van der Waals surface area contributed by atoms with Gasteiger partial charge in [-0.3, -0.25) is 14.4 Å². The molecule has 1 aliphatic rings. The molecule has 0 aromatic heterocycles. The second-order valence-electron chi connectivity index (χ2n) is 6.81. The Balaban J connectivity index is 2.08. The van der Waals surface area contributed by atoms with Crippen molar-refractivity contribution < 1.29 is 19.5 Å². The highest BCUT2D eigenvalue weighted by Gasteiger charge is 2.65. The standard InChI is InChI=1S/C17H22N2O4/c1-9(2)18-14(20)10-6-5-7-11(8-10)19-15(21)12-13(16(22)23)17(12,3)4/h5-9,12-13H,1-4H3,(H,18,20)(H,19,21)(H,22,23)/t12-,13+/m1/s1. The predicted molar refractivity (Wildman–Crippen MR) is 86.1 cm³/mol. The molecule has 2 rings (SSSR count). The summed E-state index contributed by atoms with van der Waals surface area (Å²) >= 11 is 0. The summed E-state index contributed by atoms with van der Waals surface area (Å²) in [6.45, 7) is 7.26. The molecule has 2 amide bonds. The van der Waals surface area contributed by atoms with Crippen LogP contribution >= 0.6 is 0 Å². The average molecular weight is 318 g/mol. The van der Waals surface area contributed by atoms with Crippen molar-refractivity contribution in [1.29, 1.82) is 0 Å². The number of aliphatic carboxylic acids is 1. The molecule has 23 heavy (non-hydrogen) atoms. The number of carboxylic acid groups (broad SMARTS) is 1. The summed E-state index contributed by atoms with van der Waals surface area (Å²) in [6, 6.07) is 6.62. The first kappa shape index (κ1) is 17.0. The molecule has 0 aliphatic heterocycles. The van der Waals surface area contributed by atoms with Crippen molar-refractivity contribution in [2.24, 2.45) is 17.3 Å². The molecule has 6 heteroatoms. The van der Waals surface area contributed by atoms with E-state index in [9.17, 15) is 14.4 Å². The van der Waals surface area contributed by atoms with Crippen LogP contribution in [-0.4, -0.2) is 28.9 Å². The summed E-state index contributed by atoms with van der Waals surface area (Å²) in [5.41, 5.74) is 0.377. The van der Waals surface area contributed by atoms with Gasteiger partial charge < -0.3 is 15.7 Å². The van der Waals surface area contributed by atoms with Crippen molar-refractivity contribution in [3.8, 4) is 0 Å². The van der Waals surface area contributed by atoms with Crippen LogP contribution in [-0.2, 0) is 9.59 Å². The zero-order valence-electron chi connectivity index (χ0n) is 13.7. The van der Waals surface area contributed by atoms with Gasteiger partial charge in [0.25, 0.3) is 5.91 Å². The minimum absolute atomic E-state index is 0.0179. The van der Waals surface area contributed by atoms with Crippen LogP contribution in [0.4, 0.5) is 5.69 Å². The van der Waals surface area contributed by atoms with Crippen LogP contribution in [0.15, 0.2) is 24.3 Å². The normalized spacial score (nSPS) is 21.6. The largest absolute Gasteiger partial charge is 0.481 e. The van der Waals surface area contributed by atoms with Crippen molar-refractivity contribution in [3.63, 3.8) is 0 Å². The Bertz CT molecular complexity index is 652. The maximum Gasteiger partial charge on any atom is 0.307 e. The van der Waals surface area contributed by atoms with Crippen LogP contribution in [0.25, 0.3) is 0 Å². The first-order valence-corrected chi connectivity index (χ1v) is 7.59. The number of benzene rings is 1. The molecule has 1 aromatic carbocycles. The molecule has 1 aliphatic carbocycles. The molecule has 1 saturated carbocycles. The number of amides is 2. The van der Waals surface area contributed by atoms with E-state index >= 15 is 0 Å². The molecule has 0 heterocycles. The maximum atomic E-state index is 12.3. The third-order valence-corrected chi connectivity index (χ3v) is 4.19. The van der Waals surface area contributed by atoms with Gasteiger partial charge >= 0.3 is 5.97 Å². The first-order valence-electron chi connectivity index (χ1n) is 7.59. The van der Waals surface area contributed by atoms with E-state index in [0.717, 1.165) is 0 Å². The summed E-state index contributed by atoms with van der Waals surface area (Å²) < 4.78 is 0. The predicted octanol–water partition coefficient (Wildman–Crippen LogP) is 2.12. The van der Waals surface area contributed by atoms with E-state index in [1.807, 2.05) is 13.8 Å². The summed E-state index contributed by atoms with van der Waals surface area (Å²) in [7, 11) is 0. The lowest BCUT2D eigenvalue weighted by atomic mass is 10.1. The molecule has 6 nitrogen and oxygen atoms in total. The van der Waals surface area contributed by atoms with Gasteiger partial charge in [-0.2, -0.15) is 0 Å². The fraction of sp³-hybridized carbons (Fsp3) is 0.471. The van der Waals surface area contributed by atoms with Gasteiger partial charge in [0.05, 0.1) is 11.8 Å². The molecule has 0 radical (unpaired) electrons. The van der Waals surface area contributed by atoms with Crippen molar-refractivity contribution in [3.05, 3.63) is 29.8 Å². The van der Waals surface area contributed by atoms with Gasteiger partial charge in [0.15, 0.2) is 0 Å². The highest BCUT2D eigenvalue weighted by Crippen LogP contribution is 2.58. The zero-order valence-corrected chi connectivity index (χ0v) is 13.7. The number of carbonyl (C=O) groups excluding carboxylic acids is 2. The second-order valence-corrected chi connectivity index (χ2v) is 6.81. The third-order valence-electron chi connectivity index (χ3n) is 4.19. The van der Waals surface area contributed by atoms with E-state index in [-0.39, 0.29) is 17.9 Å². The molecule has 124 valence electrons. The zero-order chi connectivity index (χ0) is 17.4. The fourth-order valence-electron chi connectivity index (χ4n) is 2.89. The highest BCUT2D eigenvalue weighted by atomic mass is 16.4. The lowest BCUT2D eigenvalue weighted by Crippen LogP contribution is -2.30. The second kappa shape index (κ2) is 6.02. The molecular formula is C17H22N2O4. The van der Waals surface area contributed by atoms with Crippen molar-refractivity contribution in [2.45, 2.75) is 33.7 Å². The molecule has 0 bridgehead atoms. The summed E-state index contributed by atoms with van der Waals surface area (Å²) in [6.07, 6.45) is 0. The molecule has 0 saturated heterocycles. The molecule has 1 aromatic rings. The highest BCUT2D eigenvalue weighted by molar-refractivity contribution is 6.01. The Hall–Kier alpha value is -2.37. The van der Waals surface area contributed by atoms with Gasteiger partial charge in [-0.15, -0.1) is 0 Å². The Kier molecular flexibility index (Phi) is 4.45. The van der Waals surface area contributed by atoms with Gasteiger partial charge in [-0.25, -0.2) is 0 Å². The van der Waals surface area contributed by atoms with Gasteiger partial charge in [0, 0.05) is 17.3 Å². The Morgan fingerprint density at radius 3 is 2.35 bits per heavy atom. The van der Waals surface area contributed by atoms with Gasteiger partial charge in [-0.1, -0.05) is 19.9 Å². The van der Waals surface area contributed by atoms with Crippen LogP contribution in [0, 0.1) is 17.3 Å².